The quantitative estimate of drug-likeness (QED) is 0.286. The first-order chi connectivity index (χ1) is 6.04. The number of hydrogen-bond donors (Lipinski definition) is 3. The summed E-state index contributed by atoms with van der Waals surface area (Å²) in [6.45, 7) is 0. The fourth-order valence-corrected chi connectivity index (χ4v) is 0.739. The maximum atomic E-state index is 10.6. The van der Waals surface area contributed by atoms with Crippen LogP contribution in [0.5, 0.6) is 0 Å². The number of guanidine groups is 1. The first-order valence-corrected chi connectivity index (χ1v) is 4.40. The summed E-state index contributed by atoms with van der Waals surface area (Å²) < 4.78 is 0.0862. The fraction of sp³-hybridized carbons (Fsp3) is 0. The number of hydrogen-bond acceptors (Lipinski definition) is 4. The van der Waals surface area contributed by atoms with Gasteiger partial charge in [0.1, 0.15) is 0 Å². The van der Waals surface area contributed by atoms with Gasteiger partial charge in [-0.15, -0.1) is 0 Å². The third-order valence-corrected chi connectivity index (χ3v) is 1.44. The molecule has 0 aliphatic carbocycles. The predicted octanol–water partition coefficient (Wildman–Crippen LogP) is -1.38. The van der Waals surface area contributed by atoms with Crippen LogP contribution in [0.25, 0.3) is 0 Å². The average Bonchev–Trinajstić information content (AvgIpc) is 2.05. The van der Waals surface area contributed by atoms with E-state index in [4.69, 9.17) is 5.41 Å². The van der Waals surface area contributed by atoms with E-state index >= 15 is 0 Å². The molecule has 0 saturated carbocycles. The molecule has 0 aliphatic heterocycles. The van der Waals surface area contributed by atoms with Crippen molar-refractivity contribution in [1.82, 2.24) is 9.97 Å². The molecule has 13 heavy (non-hydrogen) atoms. The summed E-state index contributed by atoms with van der Waals surface area (Å²) in [6.07, 6.45) is 4.55. The van der Waals surface area contributed by atoms with E-state index in [9.17, 15) is 4.79 Å². The topological polar surface area (TPSA) is 119 Å². The van der Waals surface area contributed by atoms with E-state index in [1.807, 2.05) is 0 Å². The van der Waals surface area contributed by atoms with Crippen molar-refractivity contribution >= 4 is 36.9 Å². The van der Waals surface area contributed by atoms with E-state index in [0.29, 0.717) is 33.6 Å². The fourth-order valence-electron chi connectivity index (χ4n) is 0.481. The van der Waals surface area contributed by atoms with Crippen LogP contribution in [0, 0.1) is 5.41 Å². The normalized spacial score (nSPS) is 8.15. The molecule has 0 aromatic carbocycles. The zero-order valence-electron chi connectivity index (χ0n) is 7.19. The number of carbonyl (C=O) groups excluding carboxylic acids is 1. The van der Waals surface area contributed by atoms with Crippen molar-refractivity contribution < 1.29 is 4.79 Å². The molecule has 0 spiro atoms. The van der Waals surface area contributed by atoms with Crippen LogP contribution in [0.2, 0.25) is 0 Å². The van der Waals surface area contributed by atoms with Crippen molar-refractivity contribution in [3.05, 3.63) is 24.3 Å². The van der Waals surface area contributed by atoms with Crippen molar-refractivity contribution in [3.8, 4) is 0 Å². The molecule has 5 N–H and O–H groups in total. The van der Waals surface area contributed by atoms with E-state index in [2.05, 4.69) is 21.4 Å². The molecule has 0 bridgehead atoms. The van der Waals surface area contributed by atoms with Gasteiger partial charge in [-0.1, -0.05) is 0 Å². The Morgan fingerprint density at radius 3 is 2.23 bits per heavy atom. The molecule has 7 heteroatoms. The molecule has 1 heterocycles. The maximum absolute atomic E-state index is 10.6. The summed E-state index contributed by atoms with van der Waals surface area (Å²) in [5.74, 6) is -0.333. The van der Waals surface area contributed by atoms with Crippen LogP contribution in [0.4, 0.5) is 0 Å². The molecule has 0 atom stereocenters. The van der Waals surface area contributed by atoms with Crippen molar-refractivity contribution in [2.24, 2.45) is 11.5 Å². The van der Waals surface area contributed by atoms with Crippen LogP contribution < -0.4 is 11.5 Å². The van der Waals surface area contributed by atoms with Gasteiger partial charge in [0.25, 0.3) is 0 Å². The molecule has 0 unspecified atom stereocenters. The molecule has 0 radical (unpaired) electrons. The SMILES string of the molecule is N=C(N)N.O=[C]([Na])c1cnccn1. The molecule has 1 rings (SSSR count). The predicted molar refractivity (Wildman–Crippen MR) is 48.2 cm³/mol. The Labute approximate surface area is 92.7 Å². The molecule has 0 aliphatic rings. The van der Waals surface area contributed by atoms with Gasteiger partial charge in [0.15, 0.2) is 5.96 Å². The zero-order chi connectivity index (χ0) is 10.3. The third kappa shape index (κ3) is 7.38. The Morgan fingerprint density at radius 2 is 2.00 bits per heavy atom. The van der Waals surface area contributed by atoms with Gasteiger partial charge in [-0.05, 0) is 0 Å². The summed E-state index contributed by atoms with van der Waals surface area (Å²) in [4.78, 5) is 18.2. The summed E-state index contributed by atoms with van der Waals surface area (Å²) >= 11 is 0.515. The molecule has 6 nitrogen and oxygen atoms in total. The zero-order valence-corrected chi connectivity index (χ0v) is 9.19. The van der Waals surface area contributed by atoms with Gasteiger partial charge in [-0.3, -0.25) is 5.41 Å². The van der Waals surface area contributed by atoms with Gasteiger partial charge < -0.3 is 11.5 Å². The van der Waals surface area contributed by atoms with Crippen LogP contribution in [-0.2, 0) is 0 Å². The van der Waals surface area contributed by atoms with Gasteiger partial charge in [0, 0.05) is 0 Å². The minimum absolute atomic E-state index is 0.0862. The van der Waals surface area contributed by atoms with Crippen molar-refractivity contribution in [1.29, 1.82) is 5.41 Å². The molecular formula is C6H8N5NaO. The van der Waals surface area contributed by atoms with E-state index < -0.39 is 0 Å². The number of nitrogens with one attached hydrogen (secondary N) is 1. The number of nitrogens with two attached hydrogens (primary N) is 2. The Morgan fingerprint density at radius 1 is 1.46 bits per heavy atom. The molecule has 1 aromatic rings. The molecule has 64 valence electrons. The number of rotatable bonds is 1. The standard InChI is InChI=1S/C5H3N2O.CH5N3.Na/c8-4-5-3-6-1-2-7-5;2-1(3)4;/h1-3H;(H5,2,3,4);. The van der Waals surface area contributed by atoms with Gasteiger partial charge in [0.05, 0.1) is 0 Å². The van der Waals surface area contributed by atoms with Gasteiger partial charge in [-0.25, -0.2) is 0 Å². The number of aromatic nitrogens is 2. The van der Waals surface area contributed by atoms with E-state index in [1.54, 1.807) is 6.20 Å². The summed E-state index contributed by atoms with van der Waals surface area (Å²) in [7, 11) is 0. The van der Waals surface area contributed by atoms with Crippen molar-refractivity contribution in [3.63, 3.8) is 0 Å². The van der Waals surface area contributed by atoms with E-state index in [0.717, 1.165) is 0 Å². The van der Waals surface area contributed by atoms with Gasteiger partial charge in [0.2, 0.25) is 0 Å². The number of nitrogens with zero attached hydrogens (tertiary/aromatic N) is 2. The van der Waals surface area contributed by atoms with Crippen molar-refractivity contribution in [2.75, 3.05) is 0 Å². The van der Waals surface area contributed by atoms with Crippen LogP contribution in [0.1, 0.15) is 10.5 Å². The van der Waals surface area contributed by atoms with E-state index in [-0.39, 0.29) is 8.99 Å². The van der Waals surface area contributed by atoms with Crippen LogP contribution in [-0.4, -0.2) is 46.9 Å². The van der Waals surface area contributed by atoms with Gasteiger partial charge in [-0.2, -0.15) is 0 Å². The van der Waals surface area contributed by atoms with Crippen LogP contribution >= 0.6 is 0 Å². The second-order valence-corrected chi connectivity index (χ2v) is 3.01. The number of carbonyl (C=O) groups is 1. The monoisotopic (exact) mass is 189 g/mol. The Hall–Kier alpha value is -0.980. The summed E-state index contributed by atoms with van der Waals surface area (Å²) in [5.41, 5.74) is 9.42. The Bertz CT molecular complexity index is 284. The van der Waals surface area contributed by atoms with Crippen LogP contribution in [0.3, 0.4) is 0 Å². The second kappa shape index (κ2) is 6.53. The third-order valence-electron chi connectivity index (χ3n) is 0.924. The minimum atomic E-state index is -0.333. The molecular weight excluding hydrogens is 181 g/mol. The first-order valence-electron chi connectivity index (χ1n) is 3.40. The van der Waals surface area contributed by atoms with Crippen LogP contribution in [0.15, 0.2) is 18.6 Å². The van der Waals surface area contributed by atoms with Gasteiger partial charge >= 0.3 is 70.0 Å². The molecule has 1 aromatic heterocycles. The van der Waals surface area contributed by atoms with E-state index in [1.165, 1.54) is 12.4 Å². The Balaban J connectivity index is 0.000000310. The molecule has 0 fully saturated rings. The second-order valence-electron chi connectivity index (χ2n) is 2.10. The summed E-state index contributed by atoms with van der Waals surface area (Å²) in [6, 6.07) is 0. The Kier molecular flexibility index (Phi) is 6.03. The molecule has 0 saturated heterocycles. The first kappa shape index (κ1) is 12.0. The summed E-state index contributed by atoms with van der Waals surface area (Å²) in [5, 5.41) is 6.06. The molecule has 0 amide bonds. The average molecular weight is 189 g/mol. The van der Waals surface area contributed by atoms with Crippen molar-refractivity contribution in [2.45, 2.75) is 0 Å².